The lowest BCUT2D eigenvalue weighted by Crippen LogP contribution is -2.65. The molecule has 2 aliphatic heterocycles. The normalized spacial score (nSPS) is 34.3. The van der Waals surface area contributed by atoms with E-state index in [1.807, 2.05) is 18.2 Å². The highest BCUT2D eigenvalue weighted by molar-refractivity contribution is 5.85. The second-order valence-corrected chi connectivity index (χ2v) is 9.12. The first-order chi connectivity index (χ1) is 12.2. The number of hydrogen-bond acceptors (Lipinski definition) is 5. The van der Waals surface area contributed by atoms with Gasteiger partial charge in [0.25, 0.3) is 0 Å². The SMILES string of the molecule is COc1ccc2c(c1)CCC(O)(C13CCCN1C(C(C)(C)C)OC3=O)C2. The summed E-state index contributed by atoms with van der Waals surface area (Å²) in [6.07, 6.45) is 3.09. The van der Waals surface area contributed by atoms with Crippen LogP contribution in [0.5, 0.6) is 5.75 Å². The minimum Gasteiger partial charge on any atom is -0.497 e. The smallest absolute Gasteiger partial charge is 0.331 e. The van der Waals surface area contributed by atoms with E-state index >= 15 is 0 Å². The number of methoxy groups -OCH3 is 1. The van der Waals surface area contributed by atoms with Crippen molar-refractivity contribution in [1.29, 1.82) is 0 Å². The lowest BCUT2D eigenvalue weighted by molar-refractivity contribution is -0.157. The molecule has 0 bridgehead atoms. The Balaban J connectivity index is 1.72. The number of carbonyl (C=O) groups is 1. The van der Waals surface area contributed by atoms with Crippen LogP contribution in [0.1, 0.15) is 51.2 Å². The fraction of sp³-hybridized carbons (Fsp3) is 0.667. The summed E-state index contributed by atoms with van der Waals surface area (Å²) in [5, 5.41) is 11.8. The zero-order valence-corrected chi connectivity index (χ0v) is 16.2. The average Bonchev–Trinajstić information content (AvgIpc) is 3.14. The molecule has 1 aromatic rings. The fourth-order valence-corrected chi connectivity index (χ4v) is 5.21. The highest BCUT2D eigenvalue weighted by Gasteiger charge is 2.69. The van der Waals surface area contributed by atoms with Crippen LogP contribution in [-0.4, -0.2) is 47.0 Å². The van der Waals surface area contributed by atoms with Crippen molar-refractivity contribution in [2.24, 2.45) is 5.41 Å². The second kappa shape index (κ2) is 5.70. The average molecular weight is 359 g/mol. The number of aryl methyl sites for hydroxylation is 1. The van der Waals surface area contributed by atoms with E-state index in [1.54, 1.807) is 7.11 Å². The van der Waals surface area contributed by atoms with Crippen LogP contribution in [0, 0.1) is 5.41 Å². The van der Waals surface area contributed by atoms with Crippen molar-refractivity contribution in [3.05, 3.63) is 29.3 Å². The van der Waals surface area contributed by atoms with Crippen LogP contribution in [0.4, 0.5) is 0 Å². The van der Waals surface area contributed by atoms with Gasteiger partial charge in [0, 0.05) is 18.4 Å². The Labute approximate surface area is 155 Å². The van der Waals surface area contributed by atoms with Gasteiger partial charge < -0.3 is 14.6 Å². The van der Waals surface area contributed by atoms with Gasteiger partial charge in [-0.15, -0.1) is 0 Å². The molecule has 0 radical (unpaired) electrons. The molecule has 3 unspecified atom stereocenters. The molecule has 1 aliphatic carbocycles. The van der Waals surface area contributed by atoms with E-state index in [0.717, 1.165) is 30.7 Å². The molecule has 26 heavy (non-hydrogen) atoms. The summed E-state index contributed by atoms with van der Waals surface area (Å²) in [4.78, 5) is 15.3. The maximum atomic E-state index is 13.1. The van der Waals surface area contributed by atoms with Crippen molar-refractivity contribution in [3.8, 4) is 5.75 Å². The van der Waals surface area contributed by atoms with Gasteiger partial charge >= 0.3 is 5.97 Å². The van der Waals surface area contributed by atoms with E-state index < -0.39 is 11.1 Å². The van der Waals surface area contributed by atoms with Gasteiger partial charge in [-0.05, 0) is 48.9 Å². The number of fused-ring (bicyclic) bond motifs is 2. The fourth-order valence-electron chi connectivity index (χ4n) is 5.21. The Hall–Kier alpha value is -1.59. The van der Waals surface area contributed by atoms with Crippen LogP contribution in [0.3, 0.4) is 0 Å². The number of aliphatic hydroxyl groups is 1. The standard InChI is InChI=1S/C21H29NO4/c1-19(2,3)17-22-11-5-9-21(22,18(23)26-17)20(24)10-8-14-12-16(25-4)7-6-15(14)13-20/h6-7,12,17,24H,5,8-11,13H2,1-4H3. The molecule has 2 heterocycles. The molecule has 0 spiro atoms. The number of carbonyl (C=O) groups excluding carboxylic acids is 1. The number of cyclic esters (lactones) is 1. The van der Waals surface area contributed by atoms with Crippen LogP contribution in [0.15, 0.2) is 18.2 Å². The van der Waals surface area contributed by atoms with Crippen LogP contribution in [-0.2, 0) is 22.4 Å². The summed E-state index contributed by atoms with van der Waals surface area (Å²) in [6, 6.07) is 6.00. The minimum atomic E-state index is -1.10. The number of esters is 1. The number of hydrogen-bond donors (Lipinski definition) is 1. The maximum absolute atomic E-state index is 13.1. The molecule has 2 fully saturated rings. The number of benzene rings is 1. The van der Waals surface area contributed by atoms with Crippen LogP contribution in [0.25, 0.3) is 0 Å². The maximum Gasteiger partial charge on any atom is 0.331 e. The summed E-state index contributed by atoms with van der Waals surface area (Å²) >= 11 is 0. The summed E-state index contributed by atoms with van der Waals surface area (Å²) < 4.78 is 11.2. The summed E-state index contributed by atoms with van der Waals surface area (Å²) in [7, 11) is 1.66. The zero-order valence-electron chi connectivity index (χ0n) is 16.2. The van der Waals surface area contributed by atoms with Gasteiger partial charge in [-0.3, -0.25) is 0 Å². The number of nitrogens with zero attached hydrogens (tertiary/aromatic N) is 1. The predicted molar refractivity (Wildman–Crippen MR) is 98.0 cm³/mol. The highest BCUT2D eigenvalue weighted by atomic mass is 16.6. The summed E-state index contributed by atoms with van der Waals surface area (Å²) in [6.45, 7) is 7.06. The van der Waals surface area contributed by atoms with Gasteiger partial charge in [-0.1, -0.05) is 26.8 Å². The molecule has 4 rings (SSSR count). The molecule has 3 aliphatic rings. The third-order valence-electron chi connectivity index (χ3n) is 6.48. The third kappa shape index (κ3) is 2.33. The minimum absolute atomic E-state index is 0.182. The Morgan fingerprint density at radius 2 is 2.04 bits per heavy atom. The quantitative estimate of drug-likeness (QED) is 0.823. The van der Waals surface area contributed by atoms with E-state index in [9.17, 15) is 9.90 Å². The van der Waals surface area contributed by atoms with Crippen LogP contribution < -0.4 is 4.74 Å². The first-order valence-corrected chi connectivity index (χ1v) is 9.57. The molecule has 0 amide bonds. The Morgan fingerprint density at radius 3 is 2.73 bits per heavy atom. The van der Waals surface area contributed by atoms with Crippen LogP contribution in [0.2, 0.25) is 0 Å². The monoisotopic (exact) mass is 359 g/mol. The first kappa shape index (κ1) is 17.8. The molecule has 3 atom stereocenters. The summed E-state index contributed by atoms with van der Waals surface area (Å²) in [5.41, 5.74) is 0.115. The van der Waals surface area contributed by atoms with Crippen molar-refractivity contribution in [3.63, 3.8) is 0 Å². The molecule has 0 saturated carbocycles. The molecule has 1 N–H and O–H groups in total. The van der Waals surface area contributed by atoms with Crippen molar-refractivity contribution >= 4 is 5.97 Å². The highest BCUT2D eigenvalue weighted by Crippen LogP contribution is 2.52. The van der Waals surface area contributed by atoms with Gasteiger partial charge in [0.05, 0.1) is 12.7 Å². The van der Waals surface area contributed by atoms with E-state index in [0.29, 0.717) is 19.3 Å². The predicted octanol–water partition coefficient (Wildman–Crippen LogP) is 2.68. The van der Waals surface area contributed by atoms with Gasteiger partial charge in [-0.25, -0.2) is 9.69 Å². The van der Waals surface area contributed by atoms with Gasteiger partial charge in [-0.2, -0.15) is 0 Å². The molecule has 1 aromatic carbocycles. The van der Waals surface area contributed by atoms with E-state index in [2.05, 4.69) is 25.7 Å². The van der Waals surface area contributed by atoms with Gasteiger partial charge in [0.15, 0.2) is 11.8 Å². The third-order valence-corrected chi connectivity index (χ3v) is 6.48. The molecular formula is C21H29NO4. The Morgan fingerprint density at radius 1 is 1.27 bits per heavy atom. The lowest BCUT2D eigenvalue weighted by atomic mass is 9.67. The van der Waals surface area contributed by atoms with Gasteiger partial charge in [0.2, 0.25) is 0 Å². The number of ether oxygens (including phenoxy) is 2. The van der Waals surface area contributed by atoms with Crippen LogP contribution >= 0.6 is 0 Å². The van der Waals surface area contributed by atoms with E-state index in [1.165, 1.54) is 5.56 Å². The zero-order chi connectivity index (χ0) is 18.7. The van der Waals surface area contributed by atoms with Crippen molar-refractivity contribution in [2.75, 3.05) is 13.7 Å². The Kier molecular flexibility index (Phi) is 3.90. The van der Waals surface area contributed by atoms with E-state index in [4.69, 9.17) is 9.47 Å². The molecule has 142 valence electrons. The lowest BCUT2D eigenvalue weighted by Gasteiger charge is -2.47. The topological polar surface area (TPSA) is 59.0 Å². The molecular weight excluding hydrogens is 330 g/mol. The molecule has 5 nitrogen and oxygen atoms in total. The molecule has 2 saturated heterocycles. The van der Waals surface area contributed by atoms with E-state index in [-0.39, 0.29) is 17.6 Å². The van der Waals surface area contributed by atoms with Gasteiger partial charge in [0.1, 0.15) is 5.75 Å². The largest absolute Gasteiger partial charge is 0.497 e. The van der Waals surface area contributed by atoms with Crippen molar-refractivity contribution in [2.45, 2.75) is 70.2 Å². The second-order valence-electron chi connectivity index (χ2n) is 9.12. The Bertz CT molecular complexity index is 740. The van der Waals surface area contributed by atoms with Crippen molar-refractivity contribution in [1.82, 2.24) is 4.90 Å². The molecule has 5 heteroatoms. The van der Waals surface area contributed by atoms with Crippen molar-refractivity contribution < 1.29 is 19.4 Å². The summed E-state index contributed by atoms with van der Waals surface area (Å²) in [5.74, 6) is 0.595. The first-order valence-electron chi connectivity index (χ1n) is 9.57. The molecule has 0 aromatic heterocycles. The number of rotatable bonds is 2.